The molecule has 1 aromatic rings. The van der Waals surface area contributed by atoms with Gasteiger partial charge in [-0.2, -0.15) is 0 Å². The first-order valence-corrected chi connectivity index (χ1v) is 4.88. The molecule has 0 saturated heterocycles. The van der Waals surface area contributed by atoms with Crippen LogP contribution in [-0.2, 0) is 24.8 Å². The summed E-state index contributed by atoms with van der Waals surface area (Å²) in [6.07, 6.45) is 5.93. The highest BCUT2D eigenvalue weighted by atomic mass is 16.4. The molecular formula is C10H16N2O2. The average molecular weight is 196 g/mol. The Morgan fingerprint density at radius 3 is 2.79 bits per heavy atom. The summed E-state index contributed by atoms with van der Waals surface area (Å²) < 4.78 is 3.80. The summed E-state index contributed by atoms with van der Waals surface area (Å²) >= 11 is 0. The molecule has 0 saturated carbocycles. The van der Waals surface area contributed by atoms with Crippen molar-refractivity contribution < 1.29 is 9.90 Å². The molecule has 1 heterocycles. The molecule has 0 N–H and O–H groups in total. The third-order valence-electron chi connectivity index (χ3n) is 2.26. The number of aromatic nitrogens is 2. The second-order valence-corrected chi connectivity index (χ2v) is 3.42. The molecule has 0 unspecified atom stereocenters. The molecule has 0 fully saturated rings. The number of carboxylic acids is 1. The molecule has 4 heteroatoms. The van der Waals surface area contributed by atoms with Gasteiger partial charge < -0.3 is 9.90 Å². The molecule has 0 bridgehead atoms. The number of aryl methyl sites for hydroxylation is 2. The first-order valence-electron chi connectivity index (χ1n) is 4.88. The van der Waals surface area contributed by atoms with Gasteiger partial charge in [-0.1, -0.05) is 13.3 Å². The van der Waals surface area contributed by atoms with E-state index in [0.29, 0.717) is 0 Å². The highest BCUT2D eigenvalue weighted by Crippen LogP contribution is 2.04. The first-order chi connectivity index (χ1) is 6.65. The predicted molar refractivity (Wildman–Crippen MR) is 51.4 cm³/mol. The number of carbonyl (C=O) groups excluding carboxylic acids is 1. The molecule has 1 rings (SSSR count). The third-order valence-corrected chi connectivity index (χ3v) is 2.26. The molecule has 78 valence electrons. The minimum atomic E-state index is -1.03. The zero-order valence-corrected chi connectivity index (χ0v) is 8.69. The van der Waals surface area contributed by atoms with E-state index in [-0.39, 0.29) is 6.42 Å². The number of hydrogen-bond donors (Lipinski definition) is 0. The Hall–Kier alpha value is -1.32. The van der Waals surface area contributed by atoms with Gasteiger partial charge in [-0.25, -0.2) is 9.13 Å². The van der Waals surface area contributed by atoms with E-state index in [1.165, 1.54) is 0 Å². The number of carboxylic acid groups (broad SMARTS) is 1. The van der Waals surface area contributed by atoms with E-state index in [4.69, 9.17) is 0 Å². The van der Waals surface area contributed by atoms with E-state index in [1.54, 1.807) is 0 Å². The fourth-order valence-corrected chi connectivity index (χ4v) is 1.44. The van der Waals surface area contributed by atoms with Crippen molar-refractivity contribution in [2.75, 3.05) is 0 Å². The molecule has 0 amide bonds. The lowest BCUT2D eigenvalue weighted by Gasteiger charge is -2.03. The van der Waals surface area contributed by atoms with Gasteiger partial charge in [-0.05, 0) is 6.42 Å². The van der Waals surface area contributed by atoms with Gasteiger partial charge in [-0.15, -0.1) is 0 Å². The van der Waals surface area contributed by atoms with Crippen LogP contribution in [0, 0.1) is 0 Å². The second-order valence-electron chi connectivity index (χ2n) is 3.42. The summed E-state index contributed by atoms with van der Waals surface area (Å²) in [6, 6.07) is 0. The fraction of sp³-hybridized carbons (Fsp3) is 0.600. The lowest BCUT2D eigenvalue weighted by molar-refractivity contribution is -0.304. The van der Waals surface area contributed by atoms with Crippen LogP contribution < -0.4 is 5.11 Å². The molecule has 0 radical (unpaired) electrons. The number of hydrogen-bond acceptors (Lipinski definition) is 2. The van der Waals surface area contributed by atoms with Crippen molar-refractivity contribution in [1.82, 2.24) is 9.13 Å². The zero-order valence-electron chi connectivity index (χ0n) is 8.69. The van der Waals surface area contributed by atoms with Crippen LogP contribution >= 0.6 is 0 Å². The molecule has 0 aliphatic rings. The van der Waals surface area contributed by atoms with Gasteiger partial charge in [-0.3, -0.25) is 0 Å². The first kappa shape index (κ1) is 10.8. The van der Waals surface area contributed by atoms with Crippen molar-refractivity contribution in [3.05, 3.63) is 18.2 Å². The number of carbonyl (C=O) groups is 1. The van der Waals surface area contributed by atoms with Crippen LogP contribution in [0.15, 0.2) is 12.4 Å². The van der Waals surface area contributed by atoms with E-state index >= 15 is 0 Å². The maximum Gasteiger partial charge on any atom is 0.194 e. The largest absolute Gasteiger partial charge is 0.548 e. The van der Waals surface area contributed by atoms with Crippen LogP contribution in [0.3, 0.4) is 0 Å². The fourth-order valence-electron chi connectivity index (χ4n) is 1.44. The second kappa shape index (κ2) is 4.79. The molecule has 0 spiro atoms. The van der Waals surface area contributed by atoms with Crippen LogP contribution in [0.25, 0.3) is 0 Å². The maximum absolute atomic E-state index is 10.5. The van der Waals surface area contributed by atoms with Crippen LogP contribution in [0.1, 0.15) is 25.6 Å². The molecular weight excluding hydrogens is 180 g/mol. The summed E-state index contributed by atoms with van der Waals surface area (Å²) in [4.78, 5) is 10.5. The molecule has 0 aliphatic carbocycles. The average Bonchev–Trinajstić information content (AvgIpc) is 2.45. The highest BCUT2D eigenvalue weighted by Gasteiger charge is 2.12. The van der Waals surface area contributed by atoms with Gasteiger partial charge in [0.05, 0.1) is 18.9 Å². The van der Waals surface area contributed by atoms with Crippen molar-refractivity contribution in [2.45, 2.75) is 32.7 Å². The Morgan fingerprint density at radius 1 is 1.50 bits per heavy atom. The van der Waals surface area contributed by atoms with E-state index in [0.717, 1.165) is 25.2 Å². The van der Waals surface area contributed by atoms with Gasteiger partial charge in [0, 0.05) is 7.05 Å². The standard InChI is InChI=1S/C10H16N2O2/c1-3-4-5-12-7-6-11(2)9(12)8-10(13)14/h6-7H,3-5,8H2,1-2H3. The zero-order chi connectivity index (χ0) is 10.6. The summed E-state index contributed by atoms with van der Waals surface area (Å²) in [5.41, 5.74) is 0. The van der Waals surface area contributed by atoms with E-state index in [9.17, 15) is 9.90 Å². The Labute approximate surface area is 83.8 Å². The number of rotatable bonds is 5. The Kier molecular flexibility index (Phi) is 3.68. The molecule has 1 aromatic heterocycles. The van der Waals surface area contributed by atoms with Gasteiger partial charge in [0.2, 0.25) is 0 Å². The van der Waals surface area contributed by atoms with Crippen molar-refractivity contribution in [3.8, 4) is 0 Å². The molecule has 0 aliphatic heterocycles. The van der Waals surface area contributed by atoms with Gasteiger partial charge in [0.25, 0.3) is 0 Å². The maximum atomic E-state index is 10.5. The summed E-state index contributed by atoms with van der Waals surface area (Å²) in [7, 11) is 1.85. The van der Waals surface area contributed by atoms with Crippen LogP contribution in [0.2, 0.25) is 0 Å². The normalized spacial score (nSPS) is 10.4. The Morgan fingerprint density at radius 2 is 2.21 bits per heavy atom. The number of aliphatic carboxylic acids is 1. The third kappa shape index (κ3) is 2.58. The highest BCUT2D eigenvalue weighted by molar-refractivity contribution is 5.66. The van der Waals surface area contributed by atoms with Gasteiger partial charge in [0.15, 0.2) is 18.2 Å². The number of unbranched alkanes of at least 4 members (excludes halogenated alkanes) is 1. The molecule has 14 heavy (non-hydrogen) atoms. The number of imidazole rings is 1. The van der Waals surface area contributed by atoms with Crippen LogP contribution in [0.5, 0.6) is 0 Å². The summed E-state index contributed by atoms with van der Waals surface area (Å²) in [6.45, 7) is 2.99. The van der Waals surface area contributed by atoms with Gasteiger partial charge in [0.1, 0.15) is 0 Å². The van der Waals surface area contributed by atoms with E-state index in [1.807, 2.05) is 28.6 Å². The molecule has 4 nitrogen and oxygen atoms in total. The minimum absolute atomic E-state index is 0.0206. The Bertz CT molecular complexity index is 318. The lowest BCUT2D eigenvalue weighted by Crippen LogP contribution is -2.27. The quantitative estimate of drug-likeness (QED) is 0.632. The van der Waals surface area contributed by atoms with Gasteiger partial charge >= 0.3 is 0 Å². The predicted octanol–water partition coefficient (Wildman–Crippen LogP) is 0.200. The monoisotopic (exact) mass is 196 g/mol. The summed E-state index contributed by atoms with van der Waals surface area (Å²) in [5, 5.41) is 10.5. The lowest BCUT2D eigenvalue weighted by atomic mass is 10.3. The van der Waals surface area contributed by atoms with Crippen molar-refractivity contribution in [1.29, 1.82) is 0 Å². The molecule has 0 aromatic carbocycles. The number of nitrogens with zero attached hydrogens (tertiary/aromatic N) is 2. The smallest absolute Gasteiger partial charge is 0.194 e. The molecule has 0 atom stereocenters. The van der Waals surface area contributed by atoms with Crippen LogP contribution in [0.4, 0.5) is 0 Å². The van der Waals surface area contributed by atoms with Crippen molar-refractivity contribution in [2.24, 2.45) is 7.05 Å². The minimum Gasteiger partial charge on any atom is -0.548 e. The van der Waals surface area contributed by atoms with Crippen molar-refractivity contribution >= 4 is 5.97 Å². The topological polar surface area (TPSA) is 50.0 Å². The van der Waals surface area contributed by atoms with E-state index < -0.39 is 5.97 Å². The SMILES string of the molecule is CCCCn1ccn(C)[c+]1CC(=O)[O-]. The Balaban J connectivity index is 2.77. The van der Waals surface area contributed by atoms with Crippen molar-refractivity contribution in [3.63, 3.8) is 0 Å². The summed E-state index contributed by atoms with van der Waals surface area (Å²) in [5.74, 6) is -0.240. The van der Waals surface area contributed by atoms with E-state index in [2.05, 4.69) is 6.92 Å². The van der Waals surface area contributed by atoms with Crippen LogP contribution in [-0.4, -0.2) is 15.1 Å².